The van der Waals surface area contributed by atoms with Crippen LogP contribution in [0.25, 0.3) is 0 Å². The molecule has 0 amide bonds. The van der Waals surface area contributed by atoms with Crippen molar-refractivity contribution in [3.05, 3.63) is 58.0 Å². The van der Waals surface area contributed by atoms with Gasteiger partial charge in [0.15, 0.2) is 0 Å². The van der Waals surface area contributed by atoms with E-state index in [2.05, 4.69) is 0 Å². The fourth-order valence-electron chi connectivity index (χ4n) is 1.69. The fourth-order valence-corrected chi connectivity index (χ4v) is 1.69. The van der Waals surface area contributed by atoms with Crippen LogP contribution in [0.5, 0.6) is 0 Å². The number of nitrogens with zero attached hydrogens (tertiary/aromatic N) is 2. The molecule has 0 unspecified atom stereocenters. The Morgan fingerprint density at radius 3 is 2.61 bits per heavy atom. The Morgan fingerprint density at radius 1 is 1.33 bits per heavy atom. The van der Waals surface area contributed by atoms with Crippen LogP contribution in [0.1, 0.15) is 15.9 Å². The second-order valence-corrected chi connectivity index (χ2v) is 3.97. The summed E-state index contributed by atoms with van der Waals surface area (Å²) in [5, 5.41) is 8.82. The van der Waals surface area contributed by atoms with Crippen molar-refractivity contribution in [1.82, 2.24) is 9.13 Å². The molecule has 1 aromatic heterocycles. The van der Waals surface area contributed by atoms with Crippen LogP contribution in [0.3, 0.4) is 0 Å². The zero-order valence-corrected chi connectivity index (χ0v) is 9.63. The highest BCUT2D eigenvalue weighted by Crippen LogP contribution is 2.10. The summed E-state index contributed by atoms with van der Waals surface area (Å²) in [6.07, 6.45) is 3.15. The van der Waals surface area contributed by atoms with E-state index < -0.39 is 11.8 Å². The van der Waals surface area contributed by atoms with Crippen molar-refractivity contribution in [3.63, 3.8) is 0 Å². The molecule has 1 aromatic carbocycles. The molecular weight excluding hydrogens is 239 g/mol. The van der Waals surface area contributed by atoms with Gasteiger partial charge in [0.1, 0.15) is 5.82 Å². The fraction of sp³-hybridized carbons (Fsp3) is 0.167. The lowest BCUT2D eigenvalue weighted by atomic mass is 10.1. The zero-order valence-electron chi connectivity index (χ0n) is 9.63. The van der Waals surface area contributed by atoms with Crippen molar-refractivity contribution < 1.29 is 14.3 Å². The van der Waals surface area contributed by atoms with Crippen molar-refractivity contribution in [3.8, 4) is 0 Å². The molecule has 0 saturated heterocycles. The van der Waals surface area contributed by atoms with Crippen LogP contribution in [-0.2, 0) is 13.6 Å². The van der Waals surface area contributed by atoms with Crippen LogP contribution in [0.15, 0.2) is 35.4 Å². The van der Waals surface area contributed by atoms with Gasteiger partial charge in [-0.1, -0.05) is 0 Å². The van der Waals surface area contributed by atoms with E-state index in [1.807, 2.05) is 0 Å². The molecule has 0 aliphatic carbocycles. The maximum atomic E-state index is 13.2. The van der Waals surface area contributed by atoms with Crippen LogP contribution < -0.4 is 5.69 Å². The van der Waals surface area contributed by atoms with Gasteiger partial charge in [0.25, 0.3) is 0 Å². The Bertz CT molecular complexity index is 658. The molecule has 6 heteroatoms. The Hall–Kier alpha value is -2.37. The summed E-state index contributed by atoms with van der Waals surface area (Å²) in [6, 6.07) is 3.51. The second kappa shape index (κ2) is 4.48. The molecule has 94 valence electrons. The summed E-state index contributed by atoms with van der Waals surface area (Å²) >= 11 is 0. The smallest absolute Gasteiger partial charge is 0.335 e. The maximum absolute atomic E-state index is 13.2. The SMILES string of the molecule is Cn1ccn(Cc2cc(F)cc(C(=O)O)c2)c1=O. The summed E-state index contributed by atoms with van der Waals surface area (Å²) in [6.45, 7) is 0.137. The molecule has 0 radical (unpaired) electrons. The average Bonchev–Trinajstić information content (AvgIpc) is 2.60. The van der Waals surface area contributed by atoms with E-state index in [0.29, 0.717) is 5.56 Å². The zero-order chi connectivity index (χ0) is 13.3. The van der Waals surface area contributed by atoms with Gasteiger partial charge in [0, 0.05) is 19.4 Å². The number of carboxylic acid groups (broad SMARTS) is 1. The number of aryl methyl sites for hydroxylation is 1. The standard InChI is InChI=1S/C12H11FN2O3/c1-14-2-3-15(12(14)18)7-8-4-9(11(16)17)6-10(13)5-8/h2-6H,7H2,1H3,(H,16,17). The number of aromatic carboxylic acids is 1. The minimum Gasteiger partial charge on any atom is -0.478 e. The van der Waals surface area contributed by atoms with Crippen LogP contribution in [-0.4, -0.2) is 20.2 Å². The Kier molecular flexibility index (Phi) is 3.01. The first-order valence-corrected chi connectivity index (χ1v) is 5.22. The Morgan fingerprint density at radius 2 is 2.06 bits per heavy atom. The van der Waals surface area contributed by atoms with Gasteiger partial charge in [-0.25, -0.2) is 14.0 Å². The van der Waals surface area contributed by atoms with E-state index in [-0.39, 0.29) is 17.8 Å². The Balaban J connectivity index is 2.37. The van der Waals surface area contributed by atoms with E-state index in [9.17, 15) is 14.0 Å². The van der Waals surface area contributed by atoms with E-state index >= 15 is 0 Å². The van der Waals surface area contributed by atoms with Gasteiger partial charge >= 0.3 is 11.7 Å². The van der Waals surface area contributed by atoms with Gasteiger partial charge in [-0.05, 0) is 23.8 Å². The average molecular weight is 250 g/mol. The predicted octanol–water partition coefficient (Wildman–Crippen LogP) is 1.07. The third-order valence-corrected chi connectivity index (χ3v) is 2.58. The minimum absolute atomic E-state index is 0.131. The lowest BCUT2D eigenvalue weighted by Crippen LogP contribution is -2.22. The molecule has 0 atom stereocenters. The molecule has 0 saturated carbocycles. The van der Waals surface area contributed by atoms with E-state index in [1.165, 1.54) is 21.3 Å². The minimum atomic E-state index is -1.20. The first-order valence-electron chi connectivity index (χ1n) is 5.22. The molecule has 0 fully saturated rings. The van der Waals surface area contributed by atoms with E-state index in [1.54, 1.807) is 19.4 Å². The van der Waals surface area contributed by atoms with Crippen LogP contribution in [0.4, 0.5) is 4.39 Å². The lowest BCUT2D eigenvalue weighted by molar-refractivity contribution is 0.0696. The lowest BCUT2D eigenvalue weighted by Gasteiger charge is -2.04. The quantitative estimate of drug-likeness (QED) is 0.886. The van der Waals surface area contributed by atoms with Gasteiger partial charge in [-0.3, -0.25) is 4.57 Å². The van der Waals surface area contributed by atoms with Crippen LogP contribution in [0, 0.1) is 5.82 Å². The van der Waals surface area contributed by atoms with Gasteiger partial charge < -0.3 is 9.67 Å². The van der Waals surface area contributed by atoms with Gasteiger partial charge in [-0.15, -0.1) is 0 Å². The molecule has 5 nitrogen and oxygen atoms in total. The molecule has 1 N–H and O–H groups in total. The van der Waals surface area contributed by atoms with Crippen LogP contribution >= 0.6 is 0 Å². The van der Waals surface area contributed by atoms with Crippen molar-refractivity contribution in [1.29, 1.82) is 0 Å². The number of benzene rings is 1. The molecule has 0 bridgehead atoms. The summed E-state index contributed by atoms with van der Waals surface area (Å²) in [4.78, 5) is 22.4. The highest BCUT2D eigenvalue weighted by molar-refractivity contribution is 5.87. The molecule has 0 aliphatic heterocycles. The molecule has 1 heterocycles. The predicted molar refractivity (Wildman–Crippen MR) is 62.1 cm³/mol. The highest BCUT2D eigenvalue weighted by Gasteiger charge is 2.08. The first-order chi connectivity index (χ1) is 8.47. The normalized spacial score (nSPS) is 10.6. The monoisotopic (exact) mass is 250 g/mol. The number of carboxylic acids is 1. The number of rotatable bonds is 3. The van der Waals surface area contributed by atoms with Gasteiger partial charge in [-0.2, -0.15) is 0 Å². The second-order valence-electron chi connectivity index (χ2n) is 3.97. The summed E-state index contributed by atoms with van der Waals surface area (Å²) < 4.78 is 16.0. The first kappa shape index (κ1) is 12.1. The summed E-state index contributed by atoms with van der Waals surface area (Å²) in [7, 11) is 1.60. The molecule has 18 heavy (non-hydrogen) atoms. The topological polar surface area (TPSA) is 64.2 Å². The van der Waals surface area contributed by atoms with Crippen molar-refractivity contribution >= 4 is 5.97 Å². The molecule has 2 aromatic rings. The van der Waals surface area contributed by atoms with E-state index in [4.69, 9.17) is 5.11 Å². The number of imidazole rings is 1. The van der Waals surface area contributed by atoms with Crippen molar-refractivity contribution in [2.75, 3.05) is 0 Å². The van der Waals surface area contributed by atoms with E-state index in [0.717, 1.165) is 6.07 Å². The summed E-state index contributed by atoms with van der Waals surface area (Å²) in [5.74, 6) is -1.83. The van der Waals surface area contributed by atoms with Crippen molar-refractivity contribution in [2.24, 2.45) is 7.05 Å². The van der Waals surface area contributed by atoms with Gasteiger partial charge in [0.2, 0.25) is 0 Å². The maximum Gasteiger partial charge on any atom is 0.335 e. The molecule has 0 aliphatic rings. The largest absolute Gasteiger partial charge is 0.478 e. The summed E-state index contributed by atoms with van der Waals surface area (Å²) in [5.41, 5.74) is 0.0609. The number of halogens is 1. The number of aromatic nitrogens is 2. The molecule has 0 spiro atoms. The number of carbonyl (C=O) groups is 1. The Labute approximate surface area is 102 Å². The number of hydrogen-bond acceptors (Lipinski definition) is 2. The highest BCUT2D eigenvalue weighted by atomic mass is 19.1. The molecular formula is C12H11FN2O3. The van der Waals surface area contributed by atoms with Crippen LogP contribution in [0.2, 0.25) is 0 Å². The van der Waals surface area contributed by atoms with Gasteiger partial charge in [0.05, 0.1) is 12.1 Å². The third kappa shape index (κ3) is 2.32. The molecule has 2 rings (SSSR count). The third-order valence-electron chi connectivity index (χ3n) is 2.58. The number of hydrogen-bond donors (Lipinski definition) is 1. The van der Waals surface area contributed by atoms with Crippen molar-refractivity contribution in [2.45, 2.75) is 6.54 Å².